The second kappa shape index (κ2) is 4.11. The molecule has 0 nitrogen and oxygen atoms in total. The first-order valence-corrected chi connectivity index (χ1v) is 5.26. The third-order valence-corrected chi connectivity index (χ3v) is 3.21. The van der Waals surface area contributed by atoms with Gasteiger partial charge in [-0.15, -0.1) is 0 Å². The van der Waals surface area contributed by atoms with E-state index in [1.54, 1.807) is 11.1 Å². The number of hydrogen-bond donors (Lipinski definition) is 0. The van der Waals surface area contributed by atoms with E-state index in [0.29, 0.717) is 0 Å². The van der Waals surface area contributed by atoms with Gasteiger partial charge in [0.15, 0.2) is 0 Å². The van der Waals surface area contributed by atoms with Crippen LogP contribution < -0.4 is 0 Å². The Morgan fingerprint density at radius 3 is 2.50 bits per heavy atom. The summed E-state index contributed by atoms with van der Waals surface area (Å²) in [6, 6.07) is 0. The monoisotopic (exact) mass is 166 g/mol. The van der Waals surface area contributed by atoms with E-state index in [1.165, 1.54) is 25.7 Å². The number of hydrogen-bond acceptors (Lipinski definition) is 0. The zero-order valence-corrected chi connectivity index (χ0v) is 8.98. The Kier molecular flexibility index (Phi) is 3.37. The van der Waals surface area contributed by atoms with Crippen molar-refractivity contribution in [2.75, 3.05) is 0 Å². The molecule has 70 valence electrons. The van der Waals surface area contributed by atoms with Crippen LogP contribution >= 0.6 is 0 Å². The lowest BCUT2D eigenvalue weighted by Gasteiger charge is -2.28. The Hall–Kier alpha value is -0.260. The van der Waals surface area contributed by atoms with Gasteiger partial charge in [-0.3, -0.25) is 0 Å². The Morgan fingerprint density at radius 2 is 2.00 bits per heavy atom. The van der Waals surface area contributed by atoms with Gasteiger partial charge in [0.2, 0.25) is 0 Å². The van der Waals surface area contributed by atoms with Crippen LogP contribution in [0, 0.1) is 11.8 Å². The molecule has 1 atom stereocenters. The lowest BCUT2D eigenvalue weighted by molar-refractivity contribution is 0.318. The molecule has 1 aliphatic carbocycles. The van der Waals surface area contributed by atoms with E-state index in [4.69, 9.17) is 0 Å². The van der Waals surface area contributed by atoms with Gasteiger partial charge in [0.1, 0.15) is 0 Å². The van der Waals surface area contributed by atoms with Gasteiger partial charge in [-0.25, -0.2) is 0 Å². The lowest BCUT2D eigenvalue weighted by Crippen LogP contribution is -2.14. The van der Waals surface area contributed by atoms with Crippen LogP contribution in [0.2, 0.25) is 0 Å². The van der Waals surface area contributed by atoms with Gasteiger partial charge >= 0.3 is 0 Å². The number of allylic oxidation sites excluding steroid dienone is 2. The molecule has 12 heavy (non-hydrogen) atoms. The van der Waals surface area contributed by atoms with E-state index >= 15 is 0 Å². The van der Waals surface area contributed by atoms with Crippen LogP contribution in [-0.2, 0) is 0 Å². The van der Waals surface area contributed by atoms with E-state index in [2.05, 4.69) is 27.7 Å². The number of rotatable bonds is 1. The highest BCUT2D eigenvalue weighted by Gasteiger charge is 2.19. The maximum atomic E-state index is 2.36. The van der Waals surface area contributed by atoms with Gasteiger partial charge in [-0.2, -0.15) is 0 Å². The molecule has 0 radical (unpaired) electrons. The molecular formula is C12H22. The quantitative estimate of drug-likeness (QED) is 0.513. The standard InChI is InChI=1S/C12H22/c1-9(2)11-6-5-7-12(8-11)10(3)4/h9,11H,5-8H2,1-4H3. The highest BCUT2D eigenvalue weighted by atomic mass is 14.3. The van der Waals surface area contributed by atoms with Crippen molar-refractivity contribution >= 4 is 0 Å². The largest absolute Gasteiger partial charge is 0.0772 e. The summed E-state index contributed by atoms with van der Waals surface area (Å²) in [5, 5.41) is 0. The predicted octanol–water partition coefficient (Wildman–Crippen LogP) is 4.17. The fraction of sp³-hybridized carbons (Fsp3) is 0.833. The molecule has 0 aromatic carbocycles. The Balaban J connectivity index is 2.58. The summed E-state index contributed by atoms with van der Waals surface area (Å²) in [7, 11) is 0. The van der Waals surface area contributed by atoms with Crippen molar-refractivity contribution in [3.05, 3.63) is 11.1 Å². The smallest absolute Gasteiger partial charge is 0.0287 e. The zero-order valence-electron chi connectivity index (χ0n) is 8.98. The van der Waals surface area contributed by atoms with Crippen LogP contribution in [0.5, 0.6) is 0 Å². The summed E-state index contributed by atoms with van der Waals surface area (Å²) in [6.45, 7) is 9.24. The molecule has 0 heterocycles. The van der Waals surface area contributed by atoms with Gasteiger partial charge in [-0.05, 0) is 51.4 Å². The minimum Gasteiger partial charge on any atom is -0.0772 e. The topological polar surface area (TPSA) is 0 Å². The second-order valence-electron chi connectivity index (χ2n) is 4.70. The Morgan fingerprint density at radius 1 is 1.33 bits per heavy atom. The third kappa shape index (κ3) is 2.36. The van der Waals surface area contributed by atoms with Crippen LogP contribution in [0.1, 0.15) is 53.4 Å². The Labute approximate surface area is 77.1 Å². The molecule has 1 aliphatic rings. The minimum atomic E-state index is 0.875. The molecule has 0 spiro atoms. The van der Waals surface area contributed by atoms with Crippen LogP contribution in [0.15, 0.2) is 11.1 Å². The molecule has 1 saturated carbocycles. The van der Waals surface area contributed by atoms with Gasteiger partial charge in [-0.1, -0.05) is 25.0 Å². The van der Waals surface area contributed by atoms with Crippen molar-refractivity contribution < 1.29 is 0 Å². The van der Waals surface area contributed by atoms with Crippen molar-refractivity contribution in [1.29, 1.82) is 0 Å². The van der Waals surface area contributed by atoms with Crippen molar-refractivity contribution in [2.24, 2.45) is 11.8 Å². The molecule has 0 heteroatoms. The first kappa shape index (κ1) is 9.83. The summed E-state index contributed by atoms with van der Waals surface area (Å²) < 4.78 is 0. The SMILES string of the molecule is CC(C)=C1CCCC(C(C)C)C1. The summed E-state index contributed by atoms with van der Waals surface area (Å²) in [4.78, 5) is 0. The Bertz CT molecular complexity index is 170. The van der Waals surface area contributed by atoms with E-state index in [0.717, 1.165) is 11.8 Å². The average Bonchev–Trinajstić information content (AvgIpc) is 2.04. The minimum absolute atomic E-state index is 0.875. The summed E-state index contributed by atoms with van der Waals surface area (Å²) >= 11 is 0. The van der Waals surface area contributed by atoms with Crippen molar-refractivity contribution in [3.8, 4) is 0 Å². The lowest BCUT2D eigenvalue weighted by atomic mass is 9.78. The van der Waals surface area contributed by atoms with Crippen molar-refractivity contribution in [3.63, 3.8) is 0 Å². The maximum Gasteiger partial charge on any atom is -0.0287 e. The van der Waals surface area contributed by atoms with Gasteiger partial charge in [0.05, 0.1) is 0 Å². The predicted molar refractivity (Wildman–Crippen MR) is 55.2 cm³/mol. The first-order chi connectivity index (χ1) is 5.61. The molecular weight excluding hydrogens is 144 g/mol. The molecule has 0 aliphatic heterocycles. The highest BCUT2D eigenvalue weighted by Crippen LogP contribution is 2.34. The van der Waals surface area contributed by atoms with Crippen molar-refractivity contribution in [1.82, 2.24) is 0 Å². The molecule has 0 bridgehead atoms. The van der Waals surface area contributed by atoms with Gasteiger partial charge in [0, 0.05) is 0 Å². The first-order valence-electron chi connectivity index (χ1n) is 5.26. The second-order valence-corrected chi connectivity index (χ2v) is 4.70. The van der Waals surface area contributed by atoms with Crippen LogP contribution in [0.4, 0.5) is 0 Å². The molecule has 0 aromatic heterocycles. The fourth-order valence-corrected chi connectivity index (χ4v) is 2.12. The fourth-order valence-electron chi connectivity index (χ4n) is 2.12. The molecule has 1 rings (SSSR count). The molecule has 1 unspecified atom stereocenters. The molecule has 0 N–H and O–H groups in total. The zero-order chi connectivity index (χ0) is 9.14. The summed E-state index contributed by atoms with van der Waals surface area (Å²) in [5.41, 5.74) is 3.31. The van der Waals surface area contributed by atoms with E-state index in [-0.39, 0.29) is 0 Å². The van der Waals surface area contributed by atoms with Crippen molar-refractivity contribution in [2.45, 2.75) is 53.4 Å². The molecule has 0 amide bonds. The molecule has 0 saturated heterocycles. The summed E-state index contributed by atoms with van der Waals surface area (Å²) in [6.07, 6.45) is 5.61. The third-order valence-electron chi connectivity index (χ3n) is 3.21. The molecule has 0 aromatic rings. The highest BCUT2D eigenvalue weighted by molar-refractivity contribution is 5.12. The van der Waals surface area contributed by atoms with E-state index in [1.807, 2.05) is 0 Å². The van der Waals surface area contributed by atoms with Gasteiger partial charge in [0.25, 0.3) is 0 Å². The van der Waals surface area contributed by atoms with Crippen LogP contribution in [0.3, 0.4) is 0 Å². The van der Waals surface area contributed by atoms with Gasteiger partial charge < -0.3 is 0 Å². The molecule has 1 fully saturated rings. The maximum absolute atomic E-state index is 2.36. The van der Waals surface area contributed by atoms with Crippen LogP contribution in [0.25, 0.3) is 0 Å². The van der Waals surface area contributed by atoms with E-state index < -0.39 is 0 Å². The van der Waals surface area contributed by atoms with E-state index in [9.17, 15) is 0 Å². The normalized spacial score (nSPS) is 24.8. The summed E-state index contributed by atoms with van der Waals surface area (Å²) in [5.74, 6) is 1.84. The average molecular weight is 166 g/mol. The van der Waals surface area contributed by atoms with Crippen LogP contribution in [-0.4, -0.2) is 0 Å².